The molecule has 1 heterocycles. The molecule has 0 saturated heterocycles. The van der Waals surface area contributed by atoms with Crippen molar-refractivity contribution in [2.24, 2.45) is 5.41 Å². The zero-order valence-electron chi connectivity index (χ0n) is 12.9. The molecule has 0 amide bonds. The van der Waals surface area contributed by atoms with Gasteiger partial charge in [-0.05, 0) is 45.1 Å². The first-order chi connectivity index (χ1) is 8.93. The van der Waals surface area contributed by atoms with Crippen LogP contribution in [0.4, 0.5) is 5.13 Å². The minimum Gasteiger partial charge on any atom is -0.348 e. The van der Waals surface area contributed by atoms with Crippen molar-refractivity contribution < 1.29 is 0 Å². The van der Waals surface area contributed by atoms with Gasteiger partial charge in [-0.25, -0.2) is 4.98 Å². The van der Waals surface area contributed by atoms with E-state index in [0.717, 1.165) is 0 Å². The van der Waals surface area contributed by atoms with Gasteiger partial charge in [0.2, 0.25) is 0 Å². The Morgan fingerprint density at radius 2 is 2.05 bits per heavy atom. The third-order valence-corrected chi connectivity index (χ3v) is 5.80. The van der Waals surface area contributed by atoms with Gasteiger partial charge in [-0.3, -0.25) is 0 Å². The quantitative estimate of drug-likeness (QED) is 0.909. The van der Waals surface area contributed by atoms with E-state index in [4.69, 9.17) is 0 Å². The first kappa shape index (κ1) is 14.8. The van der Waals surface area contributed by atoms with Crippen LogP contribution in [0.5, 0.6) is 0 Å². The van der Waals surface area contributed by atoms with Gasteiger partial charge in [0.15, 0.2) is 5.13 Å². The fraction of sp³-hybridized carbons (Fsp3) is 0.800. The third kappa shape index (κ3) is 3.48. The summed E-state index contributed by atoms with van der Waals surface area (Å²) >= 11 is 1.82. The second kappa shape index (κ2) is 5.80. The molecule has 1 saturated carbocycles. The highest BCUT2D eigenvalue weighted by atomic mass is 32.1. The zero-order chi connectivity index (χ0) is 14.0. The molecule has 108 valence electrons. The number of hydrogen-bond donors (Lipinski definition) is 1. The highest BCUT2D eigenvalue weighted by Crippen LogP contribution is 2.38. The number of hydrogen-bond acceptors (Lipinski definition) is 4. The lowest BCUT2D eigenvalue weighted by Gasteiger charge is -2.38. The lowest BCUT2D eigenvalue weighted by Crippen LogP contribution is -2.37. The van der Waals surface area contributed by atoms with Gasteiger partial charge in [0.25, 0.3) is 0 Å². The summed E-state index contributed by atoms with van der Waals surface area (Å²) in [5, 5.41) is 4.44. The average molecular weight is 281 g/mol. The minimum atomic E-state index is 0.393. The number of aromatic nitrogens is 1. The van der Waals surface area contributed by atoms with E-state index in [0.29, 0.717) is 17.5 Å². The SMILES string of the molecule is CNC(C)c1cnc(N(C)C2CCC(C)(C)CC2)s1. The zero-order valence-corrected chi connectivity index (χ0v) is 13.7. The van der Waals surface area contributed by atoms with Crippen molar-refractivity contribution >= 4 is 16.5 Å². The molecule has 2 rings (SSSR count). The maximum absolute atomic E-state index is 4.60. The Morgan fingerprint density at radius 3 is 2.63 bits per heavy atom. The second-order valence-corrected chi connectivity index (χ2v) is 7.60. The van der Waals surface area contributed by atoms with Crippen LogP contribution in [-0.2, 0) is 0 Å². The molecule has 1 unspecified atom stereocenters. The van der Waals surface area contributed by atoms with Gasteiger partial charge in [0, 0.05) is 30.2 Å². The molecule has 4 heteroatoms. The number of nitrogens with zero attached hydrogens (tertiary/aromatic N) is 2. The van der Waals surface area contributed by atoms with Gasteiger partial charge >= 0.3 is 0 Å². The molecule has 0 aliphatic heterocycles. The van der Waals surface area contributed by atoms with E-state index in [9.17, 15) is 0 Å². The van der Waals surface area contributed by atoms with Crippen molar-refractivity contribution in [3.63, 3.8) is 0 Å². The minimum absolute atomic E-state index is 0.393. The summed E-state index contributed by atoms with van der Waals surface area (Å²) in [4.78, 5) is 8.32. The maximum atomic E-state index is 4.60. The maximum Gasteiger partial charge on any atom is 0.185 e. The predicted octanol–water partition coefficient (Wildman–Crippen LogP) is 3.83. The molecule has 0 radical (unpaired) electrons. The Labute approximate surface area is 121 Å². The second-order valence-electron chi connectivity index (χ2n) is 6.56. The van der Waals surface area contributed by atoms with Crippen LogP contribution in [0.15, 0.2) is 6.20 Å². The fourth-order valence-corrected chi connectivity index (χ4v) is 3.72. The van der Waals surface area contributed by atoms with E-state index in [-0.39, 0.29) is 0 Å². The summed E-state index contributed by atoms with van der Waals surface area (Å²) in [5.74, 6) is 0. The number of rotatable bonds is 4. The Bertz CT molecular complexity index is 403. The van der Waals surface area contributed by atoms with E-state index in [1.165, 1.54) is 35.7 Å². The molecule has 0 aromatic carbocycles. The summed E-state index contributed by atoms with van der Waals surface area (Å²) in [6.45, 7) is 6.96. The highest BCUT2D eigenvalue weighted by molar-refractivity contribution is 7.15. The van der Waals surface area contributed by atoms with E-state index >= 15 is 0 Å². The van der Waals surface area contributed by atoms with E-state index in [1.807, 2.05) is 24.6 Å². The fourth-order valence-electron chi connectivity index (χ4n) is 2.71. The van der Waals surface area contributed by atoms with Crippen LogP contribution in [0, 0.1) is 5.41 Å². The van der Waals surface area contributed by atoms with Gasteiger partial charge in [0.1, 0.15) is 0 Å². The molecule has 1 fully saturated rings. The summed E-state index contributed by atoms with van der Waals surface area (Å²) < 4.78 is 0. The molecule has 1 aliphatic carbocycles. The number of thiazole rings is 1. The van der Waals surface area contributed by atoms with Gasteiger partial charge in [-0.15, -0.1) is 11.3 Å². The summed E-state index contributed by atoms with van der Waals surface area (Å²) in [7, 11) is 4.20. The molecule has 1 atom stereocenters. The molecule has 1 aromatic rings. The summed E-state index contributed by atoms with van der Waals surface area (Å²) in [5.41, 5.74) is 0.534. The standard InChI is InChI=1S/C15H27N3S/c1-11(16-4)13-10-17-14(19-13)18(5)12-6-8-15(2,3)9-7-12/h10-12,16H,6-9H2,1-5H3. The Balaban J connectivity index is 2.00. The van der Waals surface area contributed by atoms with Crippen molar-refractivity contribution in [3.8, 4) is 0 Å². The molecule has 1 aliphatic rings. The first-order valence-corrected chi connectivity index (χ1v) is 8.10. The summed E-state index contributed by atoms with van der Waals surface area (Å²) in [6.07, 6.45) is 7.25. The Morgan fingerprint density at radius 1 is 1.42 bits per heavy atom. The summed E-state index contributed by atoms with van der Waals surface area (Å²) in [6, 6.07) is 1.06. The van der Waals surface area contributed by atoms with E-state index in [2.05, 4.69) is 43.0 Å². The van der Waals surface area contributed by atoms with Crippen molar-refractivity contribution in [2.75, 3.05) is 19.0 Å². The van der Waals surface area contributed by atoms with E-state index < -0.39 is 0 Å². The predicted molar refractivity (Wildman–Crippen MR) is 84.0 cm³/mol. The van der Waals surface area contributed by atoms with Crippen molar-refractivity contribution in [3.05, 3.63) is 11.1 Å². The van der Waals surface area contributed by atoms with Crippen molar-refractivity contribution in [1.29, 1.82) is 0 Å². The third-order valence-electron chi connectivity index (χ3n) is 4.53. The van der Waals surface area contributed by atoms with Crippen molar-refractivity contribution in [1.82, 2.24) is 10.3 Å². The lowest BCUT2D eigenvalue weighted by molar-refractivity contribution is 0.222. The molecule has 3 nitrogen and oxygen atoms in total. The first-order valence-electron chi connectivity index (χ1n) is 7.29. The molecule has 0 bridgehead atoms. The van der Waals surface area contributed by atoms with Gasteiger partial charge in [-0.2, -0.15) is 0 Å². The Kier molecular flexibility index (Phi) is 4.51. The monoisotopic (exact) mass is 281 g/mol. The van der Waals surface area contributed by atoms with Gasteiger partial charge in [0.05, 0.1) is 0 Å². The topological polar surface area (TPSA) is 28.2 Å². The van der Waals surface area contributed by atoms with Crippen LogP contribution < -0.4 is 10.2 Å². The molecule has 1 aromatic heterocycles. The molecule has 19 heavy (non-hydrogen) atoms. The largest absolute Gasteiger partial charge is 0.348 e. The molecule has 0 spiro atoms. The van der Waals surface area contributed by atoms with Crippen LogP contribution in [0.1, 0.15) is 57.4 Å². The van der Waals surface area contributed by atoms with E-state index in [1.54, 1.807) is 0 Å². The highest BCUT2D eigenvalue weighted by Gasteiger charge is 2.29. The Hall–Kier alpha value is -0.610. The van der Waals surface area contributed by atoms with Crippen molar-refractivity contribution in [2.45, 2.75) is 58.5 Å². The van der Waals surface area contributed by atoms with Crippen LogP contribution >= 0.6 is 11.3 Å². The lowest BCUT2D eigenvalue weighted by atomic mass is 9.75. The van der Waals surface area contributed by atoms with Crippen LogP contribution in [0.25, 0.3) is 0 Å². The van der Waals surface area contributed by atoms with Crippen LogP contribution in [-0.4, -0.2) is 25.1 Å². The average Bonchev–Trinajstić information content (AvgIpc) is 2.86. The normalized spacial score (nSPS) is 21.3. The van der Waals surface area contributed by atoms with Crippen LogP contribution in [0.3, 0.4) is 0 Å². The molecule has 1 N–H and O–H groups in total. The van der Waals surface area contributed by atoms with Gasteiger partial charge < -0.3 is 10.2 Å². The van der Waals surface area contributed by atoms with Crippen LogP contribution in [0.2, 0.25) is 0 Å². The number of anilines is 1. The smallest absolute Gasteiger partial charge is 0.185 e. The van der Waals surface area contributed by atoms with Gasteiger partial charge in [-0.1, -0.05) is 13.8 Å². The molecular formula is C15H27N3S. The number of nitrogens with one attached hydrogen (secondary N) is 1. The molecular weight excluding hydrogens is 254 g/mol.